The summed E-state index contributed by atoms with van der Waals surface area (Å²) < 4.78 is 5.57. The number of aromatic nitrogens is 1. The average molecular weight is 549 g/mol. The van der Waals surface area contributed by atoms with Crippen molar-refractivity contribution in [1.82, 2.24) is 15.6 Å². The summed E-state index contributed by atoms with van der Waals surface area (Å²) in [6.07, 6.45) is 1.42. The summed E-state index contributed by atoms with van der Waals surface area (Å²) in [7, 11) is 0. The molecule has 0 bridgehead atoms. The van der Waals surface area contributed by atoms with Gasteiger partial charge in [0, 0.05) is 29.9 Å². The van der Waals surface area contributed by atoms with Gasteiger partial charge in [-0.1, -0.05) is 91.0 Å². The maximum absolute atomic E-state index is 13.7. The zero-order chi connectivity index (χ0) is 28.8. The van der Waals surface area contributed by atoms with Crippen LogP contribution in [0.3, 0.4) is 0 Å². The van der Waals surface area contributed by atoms with Crippen LogP contribution in [0, 0.1) is 0 Å². The number of hydrogen-bond donors (Lipinski definition) is 4. The summed E-state index contributed by atoms with van der Waals surface area (Å²) in [5, 5.41) is 8.48. The Labute approximate surface area is 237 Å². The number of fused-ring (bicyclic) bond motifs is 2. The predicted octanol–water partition coefficient (Wildman–Crippen LogP) is 4.76. The van der Waals surface area contributed by atoms with Gasteiger partial charge in [-0.05, 0) is 40.5 Å². The van der Waals surface area contributed by atoms with Gasteiger partial charge in [0.25, 0.3) is 0 Å². The molecular weight excluding hydrogens is 516 g/mol. The van der Waals surface area contributed by atoms with E-state index in [-0.39, 0.29) is 19.4 Å². The van der Waals surface area contributed by atoms with Crippen molar-refractivity contribution >= 4 is 39.6 Å². The number of aromatic amines is 1. The summed E-state index contributed by atoms with van der Waals surface area (Å²) in [6, 6.07) is 29.6. The Hall–Kier alpha value is -5.11. The summed E-state index contributed by atoms with van der Waals surface area (Å²) in [5.41, 5.74) is 7.81. The van der Waals surface area contributed by atoms with E-state index in [1.54, 1.807) is 6.92 Å². The first kappa shape index (κ1) is 27.5. The third-order valence-corrected chi connectivity index (χ3v) is 7.29. The highest BCUT2D eigenvalue weighted by Gasteiger charge is 2.36. The van der Waals surface area contributed by atoms with Crippen LogP contribution in [0.2, 0.25) is 0 Å². The molecule has 0 aliphatic carbocycles. The quantitative estimate of drug-likeness (QED) is 0.201. The topological polar surface area (TPSA) is 126 Å². The number of rotatable bonds is 10. The van der Waals surface area contributed by atoms with Gasteiger partial charge in [-0.3, -0.25) is 9.59 Å². The second-order valence-electron chi connectivity index (χ2n) is 10.3. The fourth-order valence-corrected chi connectivity index (χ4v) is 5.03. The average Bonchev–Trinajstić information content (AvgIpc) is 3.38. The van der Waals surface area contributed by atoms with E-state index in [9.17, 15) is 14.4 Å². The Morgan fingerprint density at radius 2 is 1.54 bits per heavy atom. The van der Waals surface area contributed by atoms with E-state index in [4.69, 9.17) is 10.5 Å². The number of amides is 3. The van der Waals surface area contributed by atoms with E-state index in [0.29, 0.717) is 0 Å². The molecule has 1 heterocycles. The van der Waals surface area contributed by atoms with Crippen LogP contribution in [0.4, 0.5) is 4.79 Å². The molecule has 0 saturated carbocycles. The number of carbonyl (C=O) groups excluding carboxylic acids is 3. The minimum absolute atomic E-state index is 0.0294. The van der Waals surface area contributed by atoms with Gasteiger partial charge in [-0.2, -0.15) is 0 Å². The Morgan fingerprint density at radius 3 is 2.32 bits per heavy atom. The van der Waals surface area contributed by atoms with Crippen LogP contribution in [-0.4, -0.2) is 34.5 Å². The molecule has 8 nitrogen and oxygen atoms in total. The van der Waals surface area contributed by atoms with Crippen LogP contribution in [0.1, 0.15) is 23.6 Å². The number of H-pyrrole nitrogens is 1. The minimum Gasteiger partial charge on any atom is -0.445 e. The monoisotopic (exact) mass is 548 g/mol. The summed E-state index contributed by atoms with van der Waals surface area (Å²) in [6.45, 7) is 1.61. The maximum atomic E-state index is 13.7. The highest BCUT2D eigenvalue weighted by atomic mass is 16.5. The third-order valence-electron chi connectivity index (χ3n) is 7.29. The summed E-state index contributed by atoms with van der Waals surface area (Å²) in [4.78, 5) is 42.5. The molecule has 41 heavy (non-hydrogen) atoms. The molecule has 8 heteroatoms. The molecule has 0 radical (unpaired) electrons. The lowest BCUT2D eigenvalue weighted by Crippen LogP contribution is -2.61. The van der Waals surface area contributed by atoms with Gasteiger partial charge in [-0.25, -0.2) is 4.79 Å². The zero-order valence-corrected chi connectivity index (χ0v) is 22.7. The van der Waals surface area contributed by atoms with Crippen molar-refractivity contribution in [3.05, 3.63) is 120 Å². The molecule has 4 aromatic carbocycles. The van der Waals surface area contributed by atoms with Crippen molar-refractivity contribution in [3.63, 3.8) is 0 Å². The van der Waals surface area contributed by atoms with Gasteiger partial charge in [0.2, 0.25) is 11.8 Å². The van der Waals surface area contributed by atoms with Crippen molar-refractivity contribution in [2.24, 2.45) is 5.73 Å². The number of hydrogen-bond acceptors (Lipinski definition) is 4. The van der Waals surface area contributed by atoms with E-state index in [0.717, 1.165) is 38.4 Å². The number of alkyl carbamates (subject to hydrolysis) is 1. The molecule has 0 fully saturated rings. The zero-order valence-electron chi connectivity index (χ0n) is 22.7. The molecule has 208 valence electrons. The van der Waals surface area contributed by atoms with Crippen LogP contribution >= 0.6 is 0 Å². The van der Waals surface area contributed by atoms with Gasteiger partial charge in [0.1, 0.15) is 18.2 Å². The fourth-order valence-electron chi connectivity index (χ4n) is 5.03. The predicted molar refractivity (Wildman–Crippen MR) is 159 cm³/mol. The van der Waals surface area contributed by atoms with Crippen LogP contribution < -0.4 is 16.4 Å². The third kappa shape index (κ3) is 6.38. The smallest absolute Gasteiger partial charge is 0.408 e. The molecule has 5 N–H and O–H groups in total. The van der Waals surface area contributed by atoms with Crippen molar-refractivity contribution < 1.29 is 19.1 Å². The largest absolute Gasteiger partial charge is 0.445 e. The van der Waals surface area contributed by atoms with Crippen molar-refractivity contribution in [3.8, 4) is 0 Å². The number of nitrogens with one attached hydrogen (secondary N) is 3. The lowest BCUT2D eigenvalue weighted by Gasteiger charge is -2.30. The molecule has 2 unspecified atom stereocenters. The van der Waals surface area contributed by atoms with Gasteiger partial charge < -0.3 is 26.1 Å². The number of primary amides is 1. The molecule has 0 saturated heterocycles. The van der Waals surface area contributed by atoms with Gasteiger partial charge in [0.15, 0.2) is 0 Å². The molecular formula is C33H32N4O4. The lowest BCUT2D eigenvalue weighted by atomic mass is 9.91. The highest BCUT2D eigenvalue weighted by Crippen LogP contribution is 2.21. The molecule has 5 rings (SSSR count). The lowest BCUT2D eigenvalue weighted by molar-refractivity contribution is -0.132. The van der Waals surface area contributed by atoms with E-state index in [2.05, 4.69) is 15.6 Å². The SMILES string of the molecule is CC(Cc1ccccc1)(NC(=O)C(Cc1c[nH]c2ccccc12)NC(=O)OCc1cccc2ccccc12)C(N)=O. The number of para-hydroxylation sites is 1. The van der Waals surface area contributed by atoms with E-state index in [1.807, 2.05) is 103 Å². The Morgan fingerprint density at radius 1 is 0.854 bits per heavy atom. The normalized spacial score (nSPS) is 13.3. The molecule has 2 atom stereocenters. The van der Waals surface area contributed by atoms with Gasteiger partial charge in [0.05, 0.1) is 0 Å². The Kier molecular flexibility index (Phi) is 8.01. The number of ether oxygens (including phenoxy) is 1. The van der Waals surface area contributed by atoms with Crippen molar-refractivity contribution in [2.75, 3.05) is 0 Å². The summed E-state index contributed by atoms with van der Waals surface area (Å²) >= 11 is 0. The number of carbonyl (C=O) groups is 3. The maximum Gasteiger partial charge on any atom is 0.408 e. The van der Waals surface area contributed by atoms with E-state index in [1.165, 1.54) is 0 Å². The molecule has 1 aromatic heterocycles. The van der Waals surface area contributed by atoms with E-state index >= 15 is 0 Å². The summed E-state index contributed by atoms with van der Waals surface area (Å²) in [5.74, 6) is -1.23. The van der Waals surface area contributed by atoms with Crippen molar-refractivity contribution in [1.29, 1.82) is 0 Å². The van der Waals surface area contributed by atoms with Gasteiger partial charge in [-0.15, -0.1) is 0 Å². The van der Waals surface area contributed by atoms with Crippen LogP contribution in [0.5, 0.6) is 0 Å². The number of nitrogens with two attached hydrogens (primary N) is 1. The molecule has 0 spiro atoms. The second kappa shape index (κ2) is 12.0. The standard InChI is InChI=1S/C33H32N4O4/c1-33(31(34)39,19-22-10-3-2-4-11-22)37-30(38)29(18-25-20-35-28-17-8-7-16-27(25)28)36-32(40)41-21-24-14-9-13-23-12-5-6-15-26(23)24/h2-17,20,29,35H,18-19,21H2,1H3,(H2,34,39)(H,36,40)(H,37,38). The van der Waals surface area contributed by atoms with E-state index < -0.39 is 29.5 Å². The molecule has 0 aliphatic heterocycles. The molecule has 0 aliphatic rings. The fraction of sp³-hybridized carbons (Fsp3) is 0.182. The Balaban J connectivity index is 1.36. The van der Waals surface area contributed by atoms with Crippen LogP contribution in [-0.2, 0) is 33.8 Å². The minimum atomic E-state index is -1.38. The first-order valence-electron chi connectivity index (χ1n) is 13.4. The second-order valence-corrected chi connectivity index (χ2v) is 10.3. The van der Waals surface area contributed by atoms with Crippen LogP contribution in [0.15, 0.2) is 103 Å². The first-order chi connectivity index (χ1) is 19.8. The number of benzene rings is 4. The van der Waals surface area contributed by atoms with Gasteiger partial charge >= 0.3 is 6.09 Å². The van der Waals surface area contributed by atoms with Crippen LogP contribution in [0.25, 0.3) is 21.7 Å². The first-order valence-corrected chi connectivity index (χ1v) is 13.4. The Bertz CT molecular complexity index is 1690. The highest BCUT2D eigenvalue weighted by molar-refractivity contribution is 5.94. The molecule has 5 aromatic rings. The molecule has 3 amide bonds. The van der Waals surface area contributed by atoms with Crippen molar-refractivity contribution in [2.45, 2.75) is 38.0 Å².